The van der Waals surface area contributed by atoms with Crippen LogP contribution in [0.25, 0.3) is 101 Å². The lowest BCUT2D eigenvalue weighted by molar-refractivity contribution is 0.555. The molecule has 2 aromatic heterocycles. The molecule has 4 heteroatoms. The van der Waals surface area contributed by atoms with E-state index in [4.69, 9.17) is 11.5 Å². The van der Waals surface area contributed by atoms with Gasteiger partial charge in [0.1, 0.15) is 0 Å². The average Bonchev–Trinajstić information content (AvgIpc) is 3.97. The minimum absolute atomic E-state index is 0.0175. The minimum atomic E-state index is 0.0175. The molecule has 2 unspecified atom stereocenters. The molecule has 0 radical (unpaired) electrons. The number of nitrogens with zero attached hydrogens (tertiary/aromatic N) is 2. The summed E-state index contributed by atoms with van der Waals surface area (Å²) in [5, 5.41) is 9.77. The van der Waals surface area contributed by atoms with Crippen molar-refractivity contribution < 1.29 is 0 Å². The van der Waals surface area contributed by atoms with Gasteiger partial charge in [-0.15, -0.1) is 0 Å². The Morgan fingerprint density at radius 1 is 0.351 bits per heavy atom. The fraction of sp³-hybridized carbons (Fsp3) is 0.229. The van der Waals surface area contributed by atoms with Crippen molar-refractivity contribution in [2.45, 2.75) is 103 Å². The SMILES string of the molecule is CCCCCCCC(N)c1ccc(-n2c3cc4c5ccc6cc(/C=C/c7ccccc7)ccc6c5n(-c5ccc(C(N)CCCCCCC)cc5)c4cc3c3ccc4cc(/C=C\c5ccccc5)ccc4c32)cc1. The van der Waals surface area contributed by atoms with Crippen molar-refractivity contribution >= 4 is 89.5 Å². The van der Waals surface area contributed by atoms with Gasteiger partial charge in [0.05, 0.1) is 22.1 Å². The molecule has 4 nitrogen and oxygen atoms in total. The van der Waals surface area contributed by atoms with Gasteiger partial charge in [-0.05, 0) is 106 Å². The van der Waals surface area contributed by atoms with Crippen LogP contribution >= 0.6 is 0 Å². The van der Waals surface area contributed by atoms with Crippen LogP contribution in [-0.4, -0.2) is 9.13 Å². The van der Waals surface area contributed by atoms with E-state index >= 15 is 0 Å². The summed E-state index contributed by atoms with van der Waals surface area (Å²) < 4.78 is 5.03. The van der Waals surface area contributed by atoms with Crippen LogP contribution in [0.4, 0.5) is 0 Å². The monoisotopic (exact) mass is 967 g/mol. The summed E-state index contributed by atoms with van der Waals surface area (Å²) in [5.41, 5.74) is 27.9. The van der Waals surface area contributed by atoms with Crippen LogP contribution in [0.1, 0.15) is 136 Å². The van der Waals surface area contributed by atoms with Gasteiger partial charge in [0.2, 0.25) is 0 Å². The predicted octanol–water partition coefficient (Wildman–Crippen LogP) is 19.2. The Morgan fingerprint density at radius 2 is 0.730 bits per heavy atom. The molecule has 2 atom stereocenters. The molecular weight excluding hydrogens is 897 g/mol. The van der Waals surface area contributed by atoms with Crippen molar-refractivity contribution in [3.05, 3.63) is 215 Å². The second-order valence-electron chi connectivity index (χ2n) is 20.7. The van der Waals surface area contributed by atoms with Gasteiger partial charge < -0.3 is 20.6 Å². The predicted molar refractivity (Wildman–Crippen MR) is 321 cm³/mol. The van der Waals surface area contributed by atoms with Gasteiger partial charge in [-0.1, -0.05) is 236 Å². The van der Waals surface area contributed by atoms with Gasteiger partial charge >= 0.3 is 0 Å². The summed E-state index contributed by atoms with van der Waals surface area (Å²) in [6.45, 7) is 4.54. The Hall–Kier alpha value is -7.50. The molecule has 0 aliphatic heterocycles. The number of benzene rings is 9. The number of aromatic nitrogens is 2. The Morgan fingerprint density at radius 3 is 1.14 bits per heavy atom. The van der Waals surface area contributed by atoms with E-state index in [1.807, 2.05) is 0 Å². The standard InChI is InChI=1S/C70H70N4/c1-3-5-7-9-17-23-65(71)53-31-37-57(38-32-53)73-67-47-64-62-44-36-56-46-52(28-26-50-21-15-12-16-22-50)30-42-60(56)70(62)74(58-39-33-54(34-40-58)66(72)24-18-10-8-6-4-2)68(64)48-63(67)61-43-35-55-45-51(29-41-59(55)69(61)73)27-25-49-19-13-11-14-20-49/h11-16,19-22,25-48,65-66H,3-10,17-18,23-24,71-72H2,1-2H3/b27-25-,28-26+. The van der Waals surface area contributed by atoms with E-state index in [1.54, 1.807) is 0 Å². The molecule has 0 aliphatic carbocycles. The van der Waals surface area contributed by atoms with Crippen LogP contribution in [0.5, 0.6) is 0 Å². The Bertz CT molecular complexity index is 3510. The van der Waals surface area contributed by atoms with E-state index in [0.717, 1.165) is 37.1 Å². The summed E-state index contributed by atoms with van der Waals surface area (Å²) in [7, 11) is 0. The molecular formula is C70H70N4. The van der Waals surface area contributed by atoms with E-state index < -0.39 is 0 Å². The molecule has 9 aromatic carbocycles. The minimum Gasteiger partial charge on any atom is -0.324 e. The molecule has 74 heavy (non-hydrogen) atoms. The van der Waals surface area contributed by atoms with Gasteiger partial charge in [-0.3, -0.25) is 0 Å². The van der Waals surface area contributed by atoms with Crippen LogP contribution in [0.3, 0.4) is 0 Å². The first-order chi connectivity index (χ1) is 36.4. The zero-order chi connectivity index (χ0) is 50.4. The van der Waals surface area contributed by atoms with Crippen LogP contribution in [-0.2, 0) is 0 Å². The van der Waals surface area contributed by atoms with Crippen molar-refractivity contribution in [3.63, 3.8) is 0 Å². The maximum absolute atomic E-state index is 6.89. The third kappa shape index (κ3) is 10.1. The highest BCUT2D eigenvalue weighted by Crippen LogP contribution is 2.44. The summed E-state index contributed by atoms with van der Waals surface area (Å²) in [6, 6.07) is 67.4. The van der Waals surface area contributed by atoms with Crippen LogP contribution in [0, 0.1) is 0 Å². The van der Waals surface area contributed by atoms with Crippen LogP contribution in [0.15, 0.2) is 182 Å². The molecule has 0 spiro atoms. The normalized spacial score (nSPS) is 13.0. The Kier molecular flexibility index (Phi) is 14.7. The number of hydrogen-bond acceptors (Lipinski definition) is 2. The van der Waals surface area contributed by atoms with Crippen molar-refractivity contribution in [3.8, 4) is 11.4 Å². The lowest BCUT2D eigenvalue weighted by Gasteiger charge is -2.15. The van der Waals surface area contributed by atoms with Gasteiger partial charge in [-0.2, -0.15) is 0 Å². The maximum Gasteiger partial charge on any atom is 0.0619 e. The molecule has 0 amide bonds. The summed E-state index contributed by atoms with van der Waals surface area (Å²) in [5.74, 6) is 0. The zero-order valence-electron chi connectivity index (χ0n) is 43.3. The van der Waals surface area contributed by atoms with Crippen molar-refractivity contribution in [2.24, 2.45) is 11.5 Å². The topological polar surface area (TPSA) is 61.9 Å². The molecule has 11 aromatic rings. The maximum atomic E-state index is 6.89. The molecule has 0 saturated carbocycles. The van der Waals surface area contributed by atoms with E-state index in [9.17, 15) is 0 Å². The summed E-state index contributed by atoms with van der Waals surface area (Å²) in [4.78, 5) is 0. The molecule has 2 heterocycles. The van der Waals surface area contributed by atoms with Crippen molar-refractivity contribution in [2.75, 3.05) is 0 Å². The first-order valence-electron chi connectivity index (χ1n) is 27.6. The first kappa shape index (κ1) is 48.8. The smallest absolute Gasteiger partial charge is 0.0619 e. The quantitative estimate of drug-likeness (QED) is 0.0590. The second-order valence-corrected chi connectivity index (χ2v) is 20.7. The third-order valence-electron chi connectivity index (χ3n) is 15.6. The lowest BCUT2D eigenvalue weighted by Crippen LogP contribution is -2.10. The average molecular weight is 967 g/mol. The van der Waals surface area contributed by atoms with Gasteiger partial charge in [0.25, 0.3) is 0 Å². The zero-order valence-corrected chi connectivity index (χ0v) is 43.3. The summed E-state index contributed by atoms with van der Waals surface area (Å²) >= 11 is 0. The largest absolute Gasteiger partial charge is 0.324 e. The van der Waals surface area contributed by atoms with Gasteiger partial charge in [-0.25, -0.2) is 0 Å². The Balaban J connectivity index is 1.09. The van der Waals surface area contributed by atoms with E-state index in [2.05, 4.69) is 229 Å². The van der Waals surface area contributed by atoms with E-state index in [0.29, 0.717) is 0 Å². The number of nitrogens with two attached hydrogens (primary N) is 2. The van der Waals surface area contributed by atoms with Gasteiger partial charge in [0.15, 0.2) is 0 Å². The highest BCUT2D eigenvalue weighted by molar-refractivity contribution is 6.25. The van der Waals surface area contributed by atoms with E-state index in [-0.39, 0.29) is 12.1 Å². The third-order valence-corrected chi connectivity index (χ3v) is 15.6. The molecule has 0 aliphatic rings. The molecule has 0 fully saturated rings. The molecule has 0 bridgehead atoms. The van der Waals surface area contributed by atoms with Crippen molar-refractivity contribution in [1.82, 2.24) is 9.13 Å². The number of unbranched alkanes of at least 4 members (excludes halogenated alkanes) is 8. The lowest BCUT2D eigenvalue weighted by atomic mass is 10.00. The highest BCUT2D eigenvalue weighted by Gasteiger charge is 2.22. The van der Waals surface area contributed by atoms with E-state index in [1.165, 1.54) is 150 Å². The fourth-order valence-electron chi connectivity index (χ4n) is 11.5. The second kappa shape index (κ2) is 22.3. The van der Waals surface area contributed by atoms with Crippen LogP contribution in [0.2, 0.25) is 0 Å². The molecule has 370 valence electrons. The first-order valence-corrected chi connectivity index (χ1v) is 27.6. The number of rotatable bonds is 20. The number of fused-ring (bicyclic) bond motifs is 10. The highest BCUT2D eigenvalue weighted by atomic mass is 15.0. The number of hydrogen-bond donors (Lipinski definition) is 2. The fourth-order valence-corrected chi connectivity index (χ4v) is 11.5. The molecule has 4 N–H and O–H groups in total. The molecule has 11 rings (SSSR count). The van der Waals surface area contributed by atoms with Crippen LogP contribution < -0.4 is 11.5 Å². The van der Waals surface area contributed by atoms with Crippen molar-refractivity contribution in [1.29, 1.82) is 0 Å². The summed E-state index contributed by atoms with van der Waals surface area (Å²) in [6.07, 6.45) is 23.3. The Labute approximate surface area is 437 Å². The van der Waals surface area contributed by atoms with Gasteiger partial charge in [0, 0.05) is 55.8 Å². The molecule has 0 saturated heterocycles.